The lowest BCUT2D eigenvalue weighted by atomic mass is 10.0. The van der Waals surface area contributed by atoms with Gasteiger partial charge in [0.25, 0.3) is 5.91 Å². The minimum Gasteiger partial charge on any atom is -0.398 e. The maximum Gasteiger partial charge on any atom is 0.253 e. The van der Waals surface area contributed by atoms with Crippen molar-refractivity contribution < 1.29 is 9.18 Å². The molecule has 3 N–H and O–H groups in total. The maximum atomic E-state index is 13.2. The summed E-state index contributed by atoms with van der Waals surface area (Å²) in [6, 6.07) is 11.4. The molecule has 2 aromatic carbocycles. The van der Waals surface area contributed by atoms with Crippen molar-refractivity contribution in [3.8, 4) is 0 Å². The third-order valence-corrected chi connectivity index (χ3v) is 3.26. The van der Waals surface area contributed by atoms with E-state index in [9.17, 15) is 9.18 Å². The topological polar surface area (TPSA) is 55.1 Å². The number of hydrogen-bond acceptors (Lipinski definition) is 2. The predicted molar refractivity (Wildman–Crippen MR) is 77.9 cm³/mol. The molecule has 0 saturated carbocycles. The molecule has 0 radical (unpaired) electrons. The monoisotopic (exact) mass is 272 g/mol. The fourth-order valence-corrected chi connectivity index (χ4v) is 2.15. The van der Waals surface area contributed by atoms with E-state index < -0.39 is 5.82 Å². The summed E-state index contributed by atoms with van der Waals surface area (Å²) < 4.78 is 13.2. The van der Waals surface area contributed by atoms with E-state index in [1.54, 1.807) is 0 Å². The average molecular weight is 272 g/mol. The standard InChI is InChI=1S/C16H17FN2O/c1-10-5-3-4-6-13(10)11(2)19-16(20)14-9-12(17)7-8-15(14)18/h3-9,11H,18H2,1-2H3,(H,19,20). The normalized spacial score (nSPS) is 11.9. The Labute approximate surface area is 117 Å². The Morgan fingerprint density at radius 2 is 1.95 bits per heavy atom. The van der Waals surface area contributed by atoms with Crippen molar-refractivity contribution in [3.05, 3.63) is 65.0 Å². The zero-order valence-electron chi connectivity index (χ0n) is 11.5. The zero-order chi connectivity index (χ0) is 14.7. The number of benzene rings is 2. The maximum absolute atomic E-state index is 13.2. The number of nitrogen functional groups attached to an aromatic ring is 1. The lowest BCUT2D eigenvalue weighted by Crippen LogP contribution is -2.27. The highest BCUT2D eigenvalue weighted by molar-refractivity contribution is 5.99. The first kappa shape index (κ1) is 14.1. The van der Waals surface area contributed by atoms with E-state index in [4.69, 9.17) is 5.73 Å². The first-order valence-corrected chi connectivity index (χ1v) is 6.40. The molecule has 3 nitrogen and oxygen atoms in total. The minimum atomic E-state index is -0.479. The SMILES string of the molecule is Cc1ccccc1C(C)NC(=O)c1cc(F)ccc1N. The second-order valence-electron chi connectivity index (χ2n) is 4.78. The molecule has 0 spiro atoms. The number of carbonyl (C=O) groups excluding carboxylic acids is 1. The van der Waals surface area contributed by atoms with E-state index in [0.717, 1.165) is 17.2 Å². The number of nitrogens with two attached hydrogens (primary N) is 1. The number of amides is 1. The summed E-state index contributed by atoms with van der Waals surface area (Å²) in [7, 11) is 0. The van der Waals surface area contributed by atoms with Crippen LogP contribution in [0.15, 0.2) is 42.5 Å². The van der Waals surface area contributed by atoms with E-state index in [1.807, 2.05) is 38.1 Å². The molecule has 0 heterocycles. The second kappa shape index (κ2) is 5.74. The van der Waals surface area contributed by atoms with Crippen LogP contribution in [0.1, 0.15) is 34.5 Å². The van der Waals surface area contributed by atoms with Crippen LogP contribution >= 0.6 is 0 Å². The zero-order valence-corrected chi connectivity index (χ0v) is 11.5. The summed E-state index contributed by atoms with van der Waals surface area (Å²) in [6.45, 7) is 3.87. The number of nitrogens with one attached hydrogen (secondary N) is 1. The molecular formula is C16H17FN2O. The van der Waals surface area contributed by atoms with Gasteiger partial charge in [-0.2, -0.15) is 0 Å². The van der Waals surface area contributed by atoms with Crippen LogP contribution in [-0.4, -0.2) is 5.91 Å². The van der Waals surface area contributed by atoms with Gasteiger partial charge in [-0.05, 0) is 43.2 Å². The lowest BCUT2D eigenvalue weighted by molar-refractivity contribution is 0.0940. The highest BCUT2D eigenvalue weighted by Crippen LogP contribution is 2.19. The highest BCUT2D eigenvalue weighted by Gasteiger charge is 2.15. The number of rotatable bonds is 3. The van der Waals surface area contributed by atoms with Gasteiger partial charge in [-0.1, -0.05) is 24.3 Å². The van der Waals surface area contributed by atoms with E-state index in [0.29, 0.717) is 0 Å². The molecule has 1 unspecified atom stereocenters. The summed E-state index contributed by atoms with van der Waals surface area (Å²) in [5.74, 6) is -0.856. The fraction of sp³-hybridized carbons (Fsp3) is 0.188. The van der Waals surface area contributed by atoms with E-state index in [-0.39, 0.29) is 23.2 Å². The first-order chi connectivity index (χ1) is 9.49. The lowest BCUT2D eigenvalue weighted by Gasteiger charge is -2.17. The van der Waals surface area contributed by atoms with Crippen LogP contribution in [0.2, 0.25) is 0 Å². The smallest absolute Gasteiger partial charge is 0.253 e. The van der Waals surface area contributed by atoms with Crippen molar-refractivity contribution in [1.29, 1.82) is 0 Å². The number of carbonyl (C=O) groups is 1. The molecule has 0 saturated heterocycles. The van der Waals surface area contributed by atoms with Crippen LogP contribution < -0.4 is 11.1 Å². The van der Waals surface area contributed by atoms with Gasteiger partial charge >= 0.3 is 0 Å². The number of aryl methyl sites for hydroxylation is 1. The van der Waals surface area contributed by atoms with Crippen molar-refractivity contribution in [2.45, 2.75) is 19.9 Å². The number of halogens is 1. The molecular weight excluding hydrogens is 255 g/mol. The third-order valence-electron chi connectivity index (χ3n) is 3.26. The van der Waals surface area contributed by atoms with Gasteiger partial charge in [-0.15, -0.1) is 0 Å². The molecule has 104 valence electrons. The van der Waals surface area contributed by atoms with Crippen LogP contribution in [-0.2, 0) is 0 Å². The second-order valence-corrected chi connectivity index (χ2v) is 4.78. The molecule has 0 aliphatic rings. The Morgan fingerprint density at radius 3 is 2.65 bits per heavy atom. The highest BCUT2D eigenvalue weighted by atomic mass is 19.1. The molecule has 0 bridgehead atoms. The van der Waals surface area contributed by atoms with Crippen molar-refractivity contribution in [3.63, 3.8) is 0 Å². The Hall–Kier alpha value is -2.36. The van der Waals surface area contributed by atoms with Gasteiger partial charge in [0, 0.05) is 5.69 Å². The van der Waals surface area contributed by atoms with Crippen molar-refractivity contribution in [1.82, 2.24) is 5.32 Å². The molecule has 0 aliphatic carbocycles. The van der Waals surface area contributed by atoms with Gasteiger partial charge in [-0.3, -0.25) is 4.79 Å². The largest absolute Gasteiger partial charge is 0.398 e. The molecule has 1 atom stereocenters. The van der Waals surface area contributed by atoms with Gasteiger partial charge < -0.3 is 11.1 Å². The van der Waals surface area contributed by atoms with Crippen LogP contribution in [0.3, 0.4) is 0 Å². The third kappa shape index (κ3) is 2.96. The molecule has 2 aromatic rings. The van der Waals surface area contributed by atoms with Gasteiger partial charge in [0.15, 0.2) is 0 Å². The number of hydrogen-bond donors (Lipinski definition) is 2. The van der Waals surface area contributed by atoms with Crippen molar-refractivity contribution in [2.24, 2.45) is 0 Å². The van der Waals surface area contributed by atoms with Crippen molar-refractivity contribution >= 4 is 11.6 Å². The van der Waals surface area contributed by atoms with Crippen LogP contribution in [0.25, 0.3) is 0 Å². The predicted octanol–water partition coefficient (Wildman–Crippen LogP) is 3.21. The number of anilines is 1. The molecule has 4 heteroatoms. The molecule has 20 heavy (non-hydrogen) atoms. The van der Waals surface area contributed by atoms with Crippen LogP contribution in [0, 0.1) is 12.7 Å². The van der Waals surface area contributed by atoms with Crippen LogP contribution in [0.4, 0.5) is 10.1 Å². The average Bonchev–Trinajstić information content (AvgIpc) is 2.41. The minimum absolute atomic E-state index is 0.158. The summed E-state index contributed by atoms with van der Waals surface area (Å²) in [5, 5.41) is 2.84. The molecule has 2 rings (SSSR count). The van der Waals surface area contributed by atoms with Crippen LogP contribution in [0.5, 0.6) is 0 Å². The Balaban J connectivity index is 2.20. The van der Waals surface area contributed by atoms with Gasteiger partial charge in [0.2, 0.25) is 0 Å². The van der Waals surface area contributed by atoms with Gasteiger partial charge in [0.1, 0.15) is 5.82 Å². The quantitative estimate of drug-likeness (QED) is 0.843. The molecule has 1 amide bonds. The summed E-state index contributed by atoms with van der Waals surface area (Å²) in [4.78, 5) is 12.2. The van der Waals surface area contributed by atoms with E-state index in [2.05, 4.69) is 5.32 Å². The molecule has 0 aromatic heterocycles. The fourth-order valence-electron chi connectivity index (χ4n) is 2.15. The Bertz CT molecular complexity index is 640. The molecule has 0 aliphatic heterocycles. The van der Waals surface area contributed by atoms with Gasteiger partial charge in [0.05, 0.1) is 11.6 Å². The molecule has 0 fully saturated rings. The van der Waals surface area contributed by atoms with Crippen molar-refractivity contribution in [2.75, 3.05) is 5.73 Å². The summed E-state index contributed by atoms with van der Waals surface area (Å²) >= 11 is 0. The van der Waals surface area contributed by atoms with Gasteiger partial charge in [-0.25, -0.2) is 4.39 Å². The van der Waals surface area contributed by atoms with E-state index in [1.165, 1.54) is 12.1 Å². The Kier molecular flexibility index (Phi) is 4.03. The van der Waals surface area contributed by atoms with E-state index >= 15 is 0 Å². The first-order valence-electron chi connectivity index (χ1n) is 6.40. The summed E-state index contributed by atoms with van der Waals surface area (Å²) in [6.07, 6.45) is 0. The summed E-state index contributed by atoms with van der Waals surface area (Å²) in [5.41, 5.74) is 8.24. The Morgan fingerprint density at radius 1 is 1.25 bits per heavy atom.